The Labute approximate surface area is 139 Å². The lowest BCUT2D eigenvalue weighted by atomic mass is 10.2. The molecule has 2 N–H and O–H groups in total. The van der Waals surface area contributed by atoms with Gasteiger partial charge < -0.3 is 14.8 Å². The number of anilines is 1. The van der Waals surface area contributed by atoms with Crippen molar-refractivity contribution in [1.82, 2.24) is 30.0 Å². The number of aromatic nitrogens is 5. The van der Waals surface area contributed by atoms with Crippen molar-refractivity contribution in [3.05, 3.63) is 42.4 Å². The lowest BCUT2D eigenvalue weighted by Gasteiger charge is -2.19. The second-order valence-electron chi connectivity index (χ2n) is 5.80. The van der Waals surface area contributed by atoms with Crippen LogP contribution in [-0.4, -0.2) is 43.6 Å². The normalized spacial score (nSPS) is 18.1. The van der Waals surface area contributed by atoms with E-state index in [4.69, 9.17) is 4.52 Å². The van der Waals surface area contributed by atoms with E-state index in [1.54, 1.807) is 12.4 Å². The first-order chi connectivity index (χ1) is 11.8. The highest BCUT2D eigenvalue weighted by Gasteiger charge is 2.31. The Morgan fingerprint density at radius 2 is 2.33 bits per heavy atom. The second kappa shape index (κ2) is 6.40. The van der Waals surface area contributed by atoms with Gasteiger partial charge >= 0.3 is 0 Å². The summed E-state index contributed by atoms with van der Waals surface area (Å²) in [6.07, 6.45) is 7.48. The fourth-order valence-electron chi connectivity index (χ4n) is 3.03. The maximum absolute atomic E-state index is 5.53. The predicted octanol–water partition coefficient (Wildman–Crippen LogP) is 2.23. The molecule has 3 aromatic heterocycles. The molecule has 4 heterocycles. The van der Waals surface area contributed by atoms with Gasteiger partial charge in [0.1, 0.15) is 11.6 Å². The molecule has 1 aliphatic heterocycles. The third-order valence-electron chi connectivity index (χ3n) is 4.28. The minimum absolute atomic E-state index is 0.140. The first-order valence-corrected chi connectivity index (χ1v) is 8.03. The summed E-state index contributed by atoms with van der Waals surface area (Å²) in [4.78, 5) is 18.6. The number of imidazole rings is 1. The highest BCUT2D eigenvalue weighted by molar-refractivity contribution is 5.55. The van der Waals surface area contributed by atoms with Gasteiger partial charge in [0, 0.05) is 31.2 Å². The highest BCUT2D eigenvalue weighted by atomic mass is 16.5. The van der Waals surface area contributed by atoms with Crippen molar-refractivity contribution < 1.29 is 4.52 Å². The van der Waals surface area contributed by atoms with Crippen LogP contribution < -0.4 is 5.32 Å². The van der Waals surface area contributed by atoms with Gasteiger partial charge in [-0.25, -0.2) is 9.97 Å². The monoisotopic (exact) mass is 325 g/mol. The van der Waals surface area contributed by atoms with Crippen molar-refractivity contribution in [3.63, 3.8) is 0 Å². The molecule has 0 aromatic carbocycles. The Bertz CT molecular complexity index is 781. The average Bonchev–Trinajstić information content (AvgIpc) is 3.37. The molecule has 0 spiro atoms. The summed E-state index contributed by atoms with van der Waals surface area (Å²) in [7, 11) is 1.84. The fraction of sp³-hybridized carbons (Fsp3) is 0.375. The first kappa shape index (κ1) is 14.8. The number of rotatable bonds is 5. The topological polar surface area (TPSA) is 95.8 Å². The molecular weight excluding hydrogens is 306 g/mol. The summed E-state index contributed by atoms with van der Waals surface area (Å²) in [5.41, 5.74) is 0.847. The van der Waals surface area contributed by atoms with Crippen LogP contribution in [0.4, 0.5) is 5.82 Å². The third-order valence-corrected chi connectivity index (χ3v) is 4.28. The number of hydrogen-bond acceptors (Lipinski definition) is 7. The number of aromatic amines is 1. The minimum Gasteiger partial charge on any atom is -0.373 e. The molecule has 1 atom stereocenters. The van der Waals surface area contributed by atoms with Crippen LogP contribution in [0.25, 0.3) is 11.4 Å². The molecule has 0 radical (unpaired) electrons. The Morgan fingerprint density at radius 1 is 1.38 bits per heavy atom. The van der Waals surface area contributed by atoms with Gasteiger partial charge in [0.05, 0.1) is 12.6 Å². The van der Waals surface area contributed by atoms with Gasteiger partial charge in [0.15, 0.2) is 0 Å². The largest absolute Gasteiger partial charge is 0.373 e. The van der Waals surface area contributed by atoms with E-state index >= 15 is 0 Å². The average molecular weight is 325 g/mol. The van der Waals surface area contributed by atoms with Crippen LogP contribution in [0.2, 0.25) is 0 Å². The van der Waals surface area contributed by atoms with E-state index in [1.165, 1.54) is 0 Å². The fourth-order valence-corrected chi connectivity index (χ4v) is 3.03. The molecule has 1 aliphatic rings. The Balaban J connectivity index is 1.52. The zero-order valence-electron chi connectivity index (χ0n) is 13.4. The molecule has 8 nitrogen and oxygen atoms in total. The molecule has 0 bridgehead atoms. The number of H-pyrrole nitrogens is 1. The van der Waals surface area contributed by atoms with E-state index in [1.807, 2.05) is 25.4 Å². The highest BCUT2D eigenvalue weighted by Crippen LogP contribution is 2.32. The first-order valence-electron chi connectivity index (χ1n) is 8.03. The SMILES string of the molecule is CNc1ccc(-c2noc([C@@H]3CCCN3Cc3ncc[nH]3)n2)cn1. The zero-order chi connectivity index (χ0) is 16.4. The Kier molecular flexibility index (Phi) is 3.96. The smallest absolute Gasteiger partial charge is 0.244 e. The number of pyridine rings is 1. The van der Waals surface area contributed by atoms with Crippen LogP contribution in [-0.2, 0) is 6.54 Å². The van der Waals surface area contributed by atoms with E-state index in [-0.39, 0.29) is 6.04 Å². The summed E-state index contributed by atoms with van der Waals surface area (Å²) in [5.74, 6) is 2.99. The minimum atomic E-state index is 0.140. The molecule has 0 saturated carbocycles. The van der Waals surface area contributed by atoms with Gasteiger partial charge in [-0.15, -0.1) is 0 Å². The van der Waals surface area contributed by atoms with Gasteiger partial charge in [0.2, 0.25) is 11.7 Å². The second-order valence-corrected chi connectivity index (χ2v) is 5.80. The van der Waals surface area contributed by atoms with Gasteiger partial charge in [0.25, 0.3) is 0 Å². The molecule has 1 fully saturated rings. The molecule has 3 aromatic rings. The standard InChI is InChI=1S/C16H19N7O/c1-17-13-5-4-11(9-20-13)15-21-16(24-22-15)12-3-2-8-23(12)10-14-18-6-7-19-14/h4-7,9,12H,2-3,8,10H2,1H3,(H,17,20)(H,18,19)/t12-/m0/s1. The summed E-state index contributed by atoms with van der Waals surface area (Å²) in [6.45, 7) is 1.76. The molecule has 0 amide bonds. The molecule has 1 saturated heterocycles. The molecule has 124 valence electrons. The van der Waals surface area contributed by atoms with Crippen molar-refractivity contribution in [3.8, 4) is 11.4 Å². The van der Waals surface area contributed by atoms with Gasteiger partial charge in [-0.2, -0.15) is 4.98 Å². The van der Waals surface area contributed by atoms with Gasteiger partial charge in [-0.3, -0.25) is 4.90 Å². The third kappa shape index (κ3) is 2.88. The van der Waals surface area contributed by atoms with Crippen LogP contribution in [0.1, 0.15) is 30.6 Å². The van der Waals surface area contributed by atoms with Crippen LogP contribution in [0, 0.1) is 0 Å². The van der Waals surface area contributed by atoms with Crippen LogP contribution in [0.3, 0.4) is 0 Å². The lowest BCUT2D eigenvalue weighted by molar-refractivity contribution is 0.197. The number of nitrogens with one attached hydrogen (secondary N) is 2. The predicted molar refractivity (Wildman–Crippen MR) is 88.0 cm³/mol. The van der Waals surface area contributed by atoms with Crippen molar-refractivity contribution in [2.75, 3.05) is 18.9 Å². The van der Waals surface area contributed by atoms with Crippen molar-refractivity contribution in [1.29, 1.82) is 0 Å². The van der Waals surface area contributed by atoms with Gasteiger partial charge in [-0.1, -0.05) is 5.16 Å². The molecular formula is C16H19N7O. The lowest BCUT2D eigenvalue weighted by Crippen LogP contribution is -2.23. The summed E-state index contributed by atoms with van der Waals surface area (Å²) >= 11 is 0. The van der Waals surface area contributed by atoms with Crippen LogP contribution >= 0.6 is 0 Å². The Morgan fingerprint density at radius 3 is 3.08 bits per heavy atom. The molecule has 0 unspecified atom stereocenters. The summed E-state index contributed by atoms with van der Waals surface area (Å²) < 4.78 is 5.53. The quantitative estimate of drug-likeness (QED) is 0.742. The van der Waals surface area contributed by atoms with Gasteiger partial charge in [-0.05, 0) is 31.5 Å². The van der Waals surface area contributed by atoms with Crippen LogP contribution in [0.5, 0.6) is 0 Å². The molecule has 4 rings (SSSR count). The molecule has 24 heavy (non-hydrogen) atoms. The van der Waals surface area contributed by atoms with E-state index in [0.717, 1.165) is 43.1 Å². The zero-order valence-corrected chi connectivity index (χ0v) is 13.4. The number of hydrogen-bond donors (Lipinski definition) is 2. The Hall–Kier alpha value is -2.74. The van der Waals surface area contributed by atoms with E-state index in [9.17, 15) is 0 Å². The maximum atomic E-state index is 5.53. The summed E-state index contributed by atoms with van der Waals surface area (Å²) in [5, 5.41) is 7.11. The van der Waals surface area contributed by atoms with Crippen molar-refractivity contribution >= 4 is 5.82 Å². The summed E-state index contributed by atoms with van der Waals surface area (Å²) in [6, 6.07) is 3.97. The number of nitrogens with zero attached hydrogens (tertiary/aromatic N) is 5. The van der Waals surface area contributed by atoms with E-state index in [0.29, 0.717) is 11.7 Å². The molecule has 8 heteroatoms. The molecule has 0 aliphatic carbocycles. The van der Waals surface area contributed by atoms with Crippen molar-refractivity contribution in [2.45, 2.75) is 25.4 Å². The van der Waals surface area contributed by atoms with Crippen LogP contribution in [0.15, 0.2) is 35.2 Å². The van der Waals surface area contributed by atoms with E-state index in [2.05, 4.69) is 35.3 Å². The van der Waals surface area contributed by atoms with E-state index < -0.39 is 0 Å². The van der Waals surface area contributed by atoms with Crippen molar-refractivity contribution in [2.24, 2.45) is 0 Å². The maximum Gasteiger partial charge on any atom is 0.244 e. The number of likely N-dealkylation sites (tertiary alicyclic amines) is 1.